The van der Waals surface area contributed by atoms with Gasteiger partial charge in [-0.25, -0.2) is 0 Å². The first-order valence-electron chi connectivity index (χ1n) is 7.23. The van der Waals surface area contributed by atoms with E-state index >= 15 is 0 Å². The number of ether oxygens (including phenoxy) is 3. The minimum Gasteiger partial charge on any atom is -0.484 e. The molecule has 1 amide bonds. The molecule has 0 saturated carbocycles. The summed E-state index contributed by atoms with van der Waals surface area (Å²) in [5, 5.41) is 0.951. The molecular formula is C17H15Cl2NO4. The number of halogens is 2. The van der Waals surface area contributed by atoms with Gasteiger partial charge < -0.3 is 19.1 Å². The Bertz CT molecular complexity index is 766. The quantitative estimate of drug-likeness (QED) is 0.807. The Morgan fingerprint density at radius 1 is 1.12 bits per heavy atom. The molecule has 0 aliphatic carbocycles. The Balaban J connectivity index is 1.55. The fraction of sp³-hybridized carbons (Fsp3) is 0.235. The molecule has 1 aliphatic rings. The molecule has 0 saturated heterocycles. The number of carbonyl (C=O) groups is 1. The number of carbonyl (C=O) groups excluding carboxylic acids is 1. The minimum atomic E-state index is -0.154. The summed E-state index contributed by atoms with van der Waals surface area (Å²) in [4.78, 5) is 13.8. The first-order valence-corrected chi connectivity index (χ1v) is 7.99. The number of fused-ring (bicyclic) bond motifs is 1. The van der Waals surface area contributed by atoms with E-state index in [9.17, 15) is 4.79 Å². The fourth-order valence-electron chi connectivity index (χ4n) is 2.22. The highest BCUT2D eigenvalue weighted by molar-refractivity contribution is 6.42. The van der Waals surface area contributed by atoms with Crippen LogP contribution < -0.4 is 14.2 Å². The van der Waals surface area contributed by atoms with E-state index in [-0.39, 0.29) is 19.3 Å². The maximum atomic E-state index is 12.2. The molecule has 0 unspecified atom stereocenters. The molecule has 2 aromatic carbocycles. The number of hydrogen-bond donors (Lipinski definition) is 0. The average molecular weight is 368 g/mol. The van der Waals surface area contributed by atoms with Crippen LogP contribution in [0.3, 0.4) is 0 Å². The van der Waals surface area contributed by atoms with Crippen LogP contribution in [0.2, 0.25) is 10.0 Å². The van der Waals surface area contributed by atoms with E-state index in [2.05, 4.69) is 0 Å². The van der Waals surface area contributed by atoms with Crippen molar-refractivity contribution < 1.29 is 19.0 Å². The molecule has 0 spiro atoms. The van der Waals surface area contributed by atoms with Crippen LogP contribution in [0, 0.1) is 0 Å². The van der Waals surface area contributed by atoms with E-state index in [0.29, 0.717) is 33.8 Å². The van der Waals surface area contributed by atoms with Gasteiger partial charge in [-0.3, -0.25) is 4.79 Å². The lowest BCUT2D eigenvalue weighted by Crippen LogP contribution is -2.30. The van der Waals surface area contributed by atoms with Crippen molar-refractivity contribution in [3.8, 4) is 17.2 Å². The summed E-state index contributed by atoms with van der Waals surface area (Å²) in [7, 11) is 1.70. The molecule has 126 valence electrons. The van der Waals surface area contributed by atoms with E-state index in [1.54, 1.807) is 42.3 Å². The summed E-state index contributed by atoms with van der Waals surface area (Å²) in [6.45, 7) is 0.543. The summed E-state index contributed by atoms with van der Waals surface area (Å²) >= 11 is 11.9. The number of rotatable bonds is 5. The molecule has 1 heterocycles. The topological polar surface area (TPSA) is 48.0 Å². The third-order valence-corrected chi connectivity index (χ3v) is 4.27. The Morgan fingerprint density at radius 2 is 1.92 bits per heavy atom. The summed E-state index contributed by atoms with van der Waals surface area (Å²) < 4.78 is 16.0. The molecule has 0 N–H and O–H groups in total. The second-order valence-electron chi connectivity index (χ2n) is 5.30. The molecule has 0 aromatic heterocycles. The monoisotopic (exact) mass is 367 g/mol. The first kappa shape index (κ1) is 16.7. The van der Waals surface area contributed by atoms with Crippen molar-refractivity contribution in [1.29, 1.82) is 0 Å². The molecule has 2 aromatic rings. The molecule has 0 radical (unpaired) electrons. The number of benzene rings is 2. The maximum absolute atomic E-state index is 12.2. The van der Waals surface area contributed by atoms with Gasteiger partial charge in [0.25, 0.3) is 5.91 Å². The van der Waals surface area contributed by atoms with Crippen molar-refractivity contribution in [2.45, 2.75) is 6.54 Å². The van der Waals surface area contributed by atoms with Crippen LogP contribution in [0.5, 0.6) is 17.2 Å². The zero-order valence-corrected chi connectivity index (χ0v) is 14.4. The van der Waals surface area contributed by atoms with Crippen LogP contribution in [-0.2, 0) is 11.3 Å². The van der Waals surface area contributed by atoms with Gasteiger partial charge in [0.15, 0.2) is 18.1 Å². The van der Waals surface area contributed by atoms with E-state index in [1.807, 2.05) is 6.07 Å². The first-order chi connectivity index (χ1) is 11.5. The number of nitrogens with zero attached hydrogens (tertiary/aromatic N) is 1. The number of amides is 1. The highest BCUT2D eigenvalue weighted by atomic mass is 35.5. The molecule has 0 atom stereocenters. The summed E-state index contributed by atoms with van der Waals surface area (Å²) in [6, 6.07) is 10.5. The van der Waals surface area contributed by atoms with E-state index in [1.165, 1.54) is 0 Å². The molecule has 5 nitrogen and oxygen atoms in total. The van der Waals surface area contributed by atoms with Crippen LogP contribution in [0.1, 0.15) is 5.56 Å². The van der Waals surface area contributed by atoms with Crippen molar-refractivity contribution in [2.75, 3.05) is 20.4 Å². The lowest BCUT2D eigenvalue weighted by Gasteiger charge is -2.18. The predicted octanol–water partition coefficient (Wildman–Crippen LogP) is 3.76. The maximum Gasteiger partial charge on any atom is 0.260 e. The van der Waals surface area contributed by atoms with Crippen molar-refractivity contribution in [3.63, 3.8) is 0 Å². The average Bonchev–Trinajstić information content (AvgIpc) is 3.03. The second kappa shape index (κ2) is 7.20. The molecule has 0 bridgehead atoms. The lowest BCUT2D eigenvalue weighted by molar-refractivity contribution is -0.132. The van der Waals surface area contributed by atoms with Crippen molar-refractivity contribution in [2.24, 2.45) is 0 Å². The largest absolute Gasteiger partial charge is 0.484 e. The molecule has 24 heavy (non-hydrogen) atoms. The van der Waals surface area contributed by atoms with Crippen molar-refractivity contribution in [3.05, 3.63) is 52.0 Å². The summed E-state index contributed by atoms with van der Waals surface area (Å²) in [6.07, 6.45) is 0. The van der Waals surface area contributed by atoms with Crippen LogP contribution in [0.25, 0.3) is 0 Å². The standard InChI is InChI=1S/C17H15Cl2NO4/c1-20(8-11-2-4-13(18)14(19)6-11)17(21)9-22-12-3-5-15-16(7-12)24-10-23-15/h2-7H,8-10H2,1H3. The third-order valence-electron chi connectivity index (χ3n) is 3.54. The van der Waals surface area contributed by atoms with Crippen LogP contribution in [-0.4, -0.2) is 31.3 Å². The second-order valence-corrected chi connectivity index (χ2v) is 6.12. The smallest absolute Gasteiger partial charge is 0.260 e. The van der Waals surface area contributed by atoms with Gasteiger partial charge >= 0.3 is 0 Å². The highest BCUT2D eigenvalue weighted by Gasteiger charge is 2.15. The van der Waals surface area contributed by atoms with Gasteiger partial charge in [-0.2, -0.15) is 0 Å². The van der Waals surface area contributed by atoms with Crippen LogP contribution >= 0.6 is 23.2 Å². The highest BCUT2D eigenvalue weighted by Crippen LogP contribution is 2.35. The molecule has 0 fully saturated rings. The van der Waals surface area contributed by atoms with Crippen molar-refractivity contribution in [1.82, 2.24) is 4.90 Å². The normalized spacial score (nSPS) is 12.1. The summed E-state index contributed by atoms with van der Waals surface area (Å²) in [5.41, 5.74) is 0.892. The summed E-state index contributed by atoms with van der Waals surface area (Å²) in [5.74, 6) is 1.68. The fourth-order valence-corrected chi connectivity index (χ4v) is 2.54. The number of hydrogen-bond acceptors (Lipinski definition) is 4. The Morgan fingerprint density at radius 3 is 2.71 bits per heavy atom. The predicted molar refractivity (Wildman–Crippen MR) is 91.0 cm³/mol. The van der Waals surface area contributed by atoms with Gasteiger partial charge in [0.1, 0.15) is 5.75 Å². The SMILES string of the molecule is CN(Cc1ccc(Cl)c(Cl)c1)C(=O)COc1ccc2c(c1)OCO2. The third kappa shape index (κ3) is 3.86. The molecule has 7 heteroatoms. The van der Waals surface area contributed by atoms with Crippen LogP contribution in [0.15, 0.2) is 36.4 Å². The Labute approximate surface area is 149 Å². The zero-order valence-electron chi connectivity index (χ0n) is 12.9. The molecular weight excluding hydrogens is 353 g/mol. The van der Waals surface area contributed by atoms with Gasteiger partial charge in [-0.05, 0) is 29.8 Å². The van der Waals surface area contributed by atoms with E-state index in [4.69, 9.17) is 37.4 Å². The van der Waals surface area contributed by atoms with Gasteiger partial charge in [0, 0.05) is 19.7 Å². The Kier molecular flexibility index (Phi) is 5.02. The number of likely N-dealkylation sites (N-methyl/N-ethyl adjacent to an activating group) is 1. The van der Waals surface area contributed by atoms with E-state index < -0.39 is 0 Å². The zero-order chi connectivity index (χ0) is 17.1. The Hall–Kier alpha value is -2.11. The van der Waals surface area contributed by atoms with Gasteiger partial charge in [-0.1, -0.05) is 29.3 Å². The van der Waals surface area contributed by atoms with Crippen molar-refractivity contribution >= 4 is 29.1 Å². The van der Waals surface area contributed by atoms with Gasteiger partial charge in [0.2, 0.25) is 6.79 Å². The molecule has 1 aliphatic heterocycles. The lowest BCUT2D eigenvalue weighted by atomic mass is 10.2. The molecule has 3 rings (SSSR count). The van der Waals surface area contributed by atoms with Gasteiger partial charge in [-0.15, -0.1) is 0 Å². The minimum absolute atomic E-state index is 0.0720. The van der Waals surface area contributed by atoms with Gasteiger partial charge in [0.05, 0.1) is 10.0 Å². The van der Waals surface area contributed by atoms with Crippen LogP contribution in [0.4, 0.5) is 0 Å². The van der Waals surface area contributed by atoms with E-state index in [0.717, 1.165) is 5.56 Å².